The lowest BCUT2D eigenvalue weighted by Crippen LogP contribution is -2.29. The number of fused-ring (bicyclic) bond motifs is 1. The normalized spacial score (nSPS) is 19.9. The van der Waals surface area contributed by atoms with Crippen LogP contribution in [0.25, 0.3) is 6.08 Å². The zero-order chi connectivity index (χ0) is 20.3. The third kappa shape index (κ3) is 4.67. The van der Waals surface area contributed by atoms with Crippen molar-refractivity contribution in [2.24, 2.45) is 0 Å². The number of ether oxygens (including phenoxy) is 2. The zero-order valence-corrected chi connectivity index (χ0v) is 17.5. The van der Waals surface area contributed by atoms with Crippen LogP contribution in [0.1, 0.15) is 43.7 Å². The number of carbonyl (C=O) groups excluding carboxylic acids is 1. The van der Waals surface area contributed by atoms with E-state index in [1.807, 2.05) is 19.1 Å². The van der Waals surface area contributed by atoms with E-state index in [4.69, 9.17) is 26.8 Å². The highest BCUT2D eigenvalue weighted by Crippen LogP contribution is 2.39. The molecule has 2 heterocycles. The van der Waals surface area contributed by atoms with E-state index >= 15 is 0 Å². The van der Waals surface area contributed by atoms with E-state index in [0.29, 0.717) is 27.9 Å². The molecule has 3 rings (SSSR count). The molecule has 0 saturated carbocycles. The van der Waals surface area contributed by atoms with Crippen molar-refractivity contribution in [3.63, 3.8) is 0 Å². The van der Waals surface area contributed by atoms with Gasteiger partial charge in [-0.1, -0.05) is 30.4 Å². The Morgan fingerprint density at radius 1 is 1.43 bits per heavy atom. The summed E-state index contributed by atoms with van der Waals surface area (Å²) in [6.07, 6.45) is 5.00. The van der Waals surface area contributed by atoms with Gasteiger partial charge in [-0.2, -0.15) is 0 Å². The summed E-state index contributed by atoms with van der Waals surface area (Å²) < 4.78 is 11.8. The van der Waals surface area contributed by atoms with Crippen molar-refractivity contribution in [1.82, 2.24) is 4.90 Å². The first-order valence-electron chi connectivity index (χ1n) is 9.23. The maximum Gasteiger partial charge on any atom is 0.303 e. The largest absolute Gasteiger partial charge is 0.496 e. The molecule has 8 heteroatoms. The number of carboxylic acid groups (broad SMARTS) is 1. The Morgan fingerprint density at radius 2 is 2.21 bits per heavy atom. The van der Waals surface area contributed by atoms with Gasteiger partial charge >= 0.3 is 5.97 Å². The molecule has 1 aromatic rings. The second-order valence-corrected chi connectivity index (χ2v) is 8.55. The smallest absolute Gasteiger partial charge is 0.303 e. The molecule has 2 aliphatic rings. The molecule has 0 aliphatic carbocycles. The second-order valence-electron chi connectivity index (χ2n) is 6.87. The fourth-order valence-electron chi connectivity index (χ4n) is 3.30. The van der Waals surface area contributed by atoms with Crippen molar-refractivity contribution < 1.29 is 24.2 Å². The minimum atomic E-state index is -0.796. The molecule has 6 nitrogen and oxygen atoms in total. The summed E-state index contributed by atoms with van der Waals surface area (Å²) in [5.74, 6) is 0.615. The van der Waals surface area contributed by atoms with Crippen molar-refractivity contribution in [2.75, 3.05) is 13.7 Å². The highest BCUT2D eigenvalue weighted by atomic mass is 32.2. The summed E-state index contributed by atoms with van der Waals surface area (Å²) in [4.78, 5) is 25.5. The highest BCUT2D eigenvalue weighted by Gasteiger charge is 2.32. The van der Waals surface area contributed by atoms with Crippen LogP contribution in [0.5, 0.6) is 11.5 Å². The number of carboxylic acids is 1. The van der Waals surface area contributed by atoms with Crippen molar-refractivity contribution in [3.05, 3.63) is 28.2 Å². The van der Waals surface area contributed by atoms with Crippen LogP contribution in [-0.4, -0.2) is 46.0 Å². The predicted octanol–water partition coefficient (Wildman–Crippen LogP) is 3.86. The third-order valence-corrected chi connectivity index (χ3v) is 6.06. The Labute approximate surface area is 173 Å². The van der Waals surface area contributed by atoms with E-state index in [1.165, 1.54) is 11.8 Å². The molecule has 0 spiro atoms. The lowest BCUT2D eigenvalue weighted by atomic mass is 10.1. The van der Waals surface area contributed by atoms with Crippen LogP contribution >= 0.6 is 24.0 Å². The van der Waals surface area contributed by atoms with Gasteiger partial charge in [0.25, 0.3) is 5.91 Å². The highest BCUT2D eigenvalue weighted by molar-refractivity contribution is 8.26. The van der Waals surface area contributed by atoms with Crippen LogP contribution in [0, 0.1) is 0 Å². The molecule has 2 aliphatic heterocycles. The number of benzene rings is 1. The van der Waals surface area contributed by atoms with Crippen LogP contribution < -0.4 is 9.47 Å². The van der Waals surface area contributed by atoms with Crippen molar-refractivity contribution in [1.29, 1.82) is 0 Å². The molecular formula is C20H23NO5S2. The summed E-state index contributed by atoms with van der Waals surface area (Å²) in [6, 6.07) is 3.88. The van der Waals surface area contributed by atoms with Gasteiger partial charge in [0.15, 0.2) is 0 Å². The molecule has 1 N–H and O–H groups in total. The SMILES string of the molecule is COc1cc2c(cc1/C=C1\SC(=S)N(CCCCCC(=O)O)C1=O)OC(C)C2. The predicted molar refractivity (Wildman–Crippen MR) is 113 cm³/mol. The number of hydrogen-bond acceptors (Lipinski definition) is 6. The first-order valence-corrected chi connectivity index (χ1v) is 10.5. The van der Waals surface area contributed by atoms with Crippen LogP contribution in [0.4, 0.5) is 0 Å². The lowest BCUT2D eigenvalue weighted by Gasteiger charge is -2.14. The molecular weight excluding hydrogens is 398 g/mol. The summed E-state index contributed by atoms with van der Waals surface area (Å²) in [6.45, 7) is 2.53. The number of aliphatic carboxylic acids is 1. The van der Waals surface area contributed by atoms with Gasteiger partial charge in [-0.25, -0.2) is 0 Å². The first-order chi connectivity index (χ1) is 13.4. The van der Waals surface area contributed by atoms with Gasteiger partial charge in [-0.3, -0.25) is 14.5 Å². The average Bonchev–Trinajstić information content (AvgIpc) is 3.12. The first kappa shape index (κ1) is 20.7. The Balaban J connectivity index is 1.70. The van der Waals surface area contributed by atoms with Crippen LogP contribution in [0.15, 0.2) is 17.0 Å². The van der Waals surface area contributed by atoms with Gasteiger partial charge in [-0.15, -0.1) is 0 Å². The fourth-order valence-corrected chi connectivity index (χ4v) is 4.60. The molecule has 1 fully saturated rings. The molecule has 0 aromatic heterocycles. The number of rotatable bonds is 8. The van der Waals surface area contributed by atoms with E-state index in [2.05, 4.69) is 0 Å². The average molecular weight is 422 g/mol. The fraction of sp³-hybridized carbons (Fsp3) is 0.450. The van der Waals surface area contributed by atoms with E-state index in [-0.39, 0.29) is 18.4 Å². The Kier molecular flexibility index (Phi) is 6.61. The van der Waals surface area contributed by atoms with E-state index in [9.17, 15) is 9.59 Å². The van der Waals surface area contributed by atoms with Crippen molar-refractivity contribution in [3.8, 4) is 11.5 Å². The summed E-state index contributed by atoms with van der Waals surface area (Å²) in [7, 11) is 1.61. The van der Waals surface area contributed by atoms with E-state index in [1.54, 1.807) is 18.1 Å². The van der Waals surface area contributed by atoms with Crippen LogP contribution in [0.3, 0.4) is 0 Å². The number of thioether (sulfide) groups is 1. The van der Waals surface area contributed by atoms with Crippen molar-refractivity contribution in [2.45, 2.75) is 45.1 Å². The Morgan fingerprint density at radius 3 is 2.93 bits per heavy atom. The monoisotopic (exact) mass is 421 g/mol. The molecule has 1 aromatic carbocycles. The van der Waals surface area contributed by atoms with Gasteiger partial charge in [-0.05, 0) is 38.0 Å². The van der Waals surface area contributed by atoms with Crippen LogP contribution in [0.2, 0.25) is 0 Å². The molecule has 1 unspecified atom stereocenters. The maximum absolute atomic E-state index is 12.8. The molecule has 1 atom stereocenters. The second kappa shape index (κ2) is 8.96. The summed E-state index contributed by atoms with van der Waals surface area (Å²) in [5, 5.41) is 8.68. The lowest BCUT2D eigenvalue weighted by molar-refractivity contribution is -0.137. The van der Waals surface area contributed by atoms with Gasteiger partial charge in [0.05, 0.1) is 12.0 Å². The number of carbonyl (C=O) groups is 2. The Hall–Kier alpha value is -2.06. The number of thiocarbonyl (C=S) groups is 1. The number of nitrogens with zero attached hydrogens (tertiary/aromatic N) is 1. The minimum Gasteiger partial charge on any atom is -0.496 e. The zero-order valence-electron chi connectivity index (χ0n) is 15.9. The minimum absolute atomic E-state index is 0.120. The number of hydrogen-bond donors (Lipinski definition) is 1. The number of methoxy groups -OCH3 is 1. The topological polar surface area (TPSA) is 76.1 Å². The quantitative estimate of drug-likeness (QED) is 0.388. The number of unbranched alkanes of at least 4 members (excludes halogenated alkanes) is 2. The summed E-state index contributed by atoms with van der Waals surface area (Å²) >= 11 is 6.64. The molecule has 150 valence electrons. The van der Waals surface area contributed by atoms with Gasteiger partial charge in [0, 0.05) is 30.5 Å². The Bertz CT molecular complexity index is 836. The molecule has 28 heavy (non-hydrogen) atoms. The molecule has 1 saturated heterocycles. The van der Waals surface area contributed by atoms with E-state index in [0.717, 1.165) is 36.1 Å². The molecule has 0 radical (unpaired) electrons. The summed E-state index contributed by atoms with van der Waals surface area (Å²) in [5.41, 5.74) is 1.90. The van der Waals surface area contributed by atoms with Gasteiger partial charge < -0.3 is 14.6 Å². The van der Waals surface area contributed by atoms with Crippen LogP contribution in [-0.2, 0) is 16.0 Å². The number of amides is 1. The van der Waals surface area contributed by atoms with E-state index < -0.39 is 5.97 Å². The molecule has 1 amide bonds. The molecule has 0 bridgehead atoms. The van der Waals surface area contributed by atoms with Crippen molar-refractivity contribution >= 4 is 46.3 Å². The third-order valence-electron chi connectivity index (χ3n) is 4.68. The maximum atomic E-state index is 12.8. The van der Waals surface area contributed by atoms with Gasteiger partial charge in [0.1, 0.15) is 21.9 Å². The standard InChI is InChI=1S/C20H23NO5S2/c1-12-8-13-9-15(25-2)14(10-16(13)26-12)11-17-19(24)21(20(27)28-17)7-5-3-4-6-18(22)23/h9-12H,3-8H2,1-2H3,(H,22,23)/b17-11-. The van der Waals surface area contributed by atoms with Gasteiger partial charge in [0.2, 0.25) is 0 Å².